The molecule has 0 saturated carbocycles. The summed E-state index contributed by atoms with van der Waals surface area (Å²) in [6.07, 6.45) is 1.62. The number of aryl methyl sites for hydroxylation is 1. The molecule has 1 aromatic rings. The first-order valence-electron chi connectivity index (χ1n) is 5.33. The molecule has 16 heavy (non-hydrogen) atoms. The molecule has 0 heterocycles. The third kappa shape index (κ3) is 3.50. The molecule has 86 valence electrons. The van der Waals surface area contributed by atoms with E-state index in [1.54, 1.807) is 6.21 Å². The maximum absolute atomic E-state index is 10.9. The van der Waals surface area contributed by atoms with Crippen molar-refractivity contribution in [2.24, 2.45) is 10.9 Å². The predicted octanol–water partition coefficient (Wildman–Crippen LogP) is 2.52. The van der Waals surface area contributed by atoms with Gasteiger partial charge in [0.1, 0.15) is 6.04 Å². The SMILES string of the molecule is Cc1ccc(/C=N\[C@H](C(=O)O)C(C)C)cc1. The first-order chi connectivity index (χ1) is 7.50. The van der Waals surface area contributed by atoms with Gasteiger partial charge in [0, 0.05) is 6.21 Å². The lowest BCUT2D eigenvalue weighted by Crippen LogP contribution is -2.24. The van der Waals surface area contributed by atoms with E-state index in [0.717, 1.165) is 5.56 Å². The second-order valence-electron chi connectivity index (χ2n) is 4.22. The van der Waals surface area contributed by atoms with Gasteiger partial charge in [-0.15, -0.1) is 0 Å². The van der Waals surface area contributed by atoms with Gasteiger partial charge in [-0.3, -0.25) is 4.99 Å². The number of rotatable bonds is 4. The number of carboxylic acids is 1. The van der Waals surface area contributed by atoms with Gasteiger partial charge in [0.25, 0.3) is 0 Å². The van der Waals surface area contributed by atoms with Crippen LogP contribution in [0.2, 0.25) is 0 Å². The number of benzene rings is 1. The minimum absolute atomic E-state index is 0.000742. The van der Waals surface area contributed by atoms with Crippen molar-refractivity contribution in [3.8, 4) is 0 Å². The molecule has 0 aliphatic rings. The Bertz CT molecular complexity index is 379. The molecule has 0 saturated heterocycles. The standard InChI is InChI=1S/C13H17NO2/c1-9(2)12(13(15)16)14-8-11-6-4-10(3)5-7-11/h4-9,12H,1-3H3,(H,15,16)/b14-8-/t12-/m0/s1. The first kappa shape index (κ1) is 12.4. The number of carbonyl (C=O) groups is 1. The number of hydrogen-bond donors (Lipinski definition) is 1. The van der Waals surface area contributed by atoms with E-state index in [1.807, 2.05) is 45.0 Å². The fourth-order valence-corrected chi connectivity index (χ4v) is 1.34. The Morgan fingerprint density at radius 1 is 1.31 bits per heavy atom. The fourth-order valence-electron chi connectivity index (χ4n) is 1.34. The fraction of sp³-hybridized carbons (Fsp3) is 0.385. The molecule has 0 spiro atoms. The van der Waals surface area contributed by atoms with Crippen LogP contribution in [-0.2, 0) is 4.79 Å². The summed E-state index contributed by atoms with van der Waals surface area (Å²) in [7, 11) is 0. The average Bonchev–Trinajstić information content (AvgIpc) is 2.20. The lowest BCUT2D eigenvalue weighted by atomic mass is 10.1. The van der Waals surface area contributed by atoms with E-state index in [1.165, 1.54) is 5.56 Å². The van der Waals surface area contributed by atoms with Crippen molar-refractivity contribution in [1.29, 1.82) is 0 Å². The Morgan fingerprint density at radius 2 is 1.88 bits per heavy atom. The molecule has 1 atom stereocenters. The van der Waals surface area contributed by atoms with Gasteiger partial charge in [-0.1, -0.05) is 43.7 Å². The minimum Gasteiger partial charge on any atom is -0.480 e. The van der Waals surface area contributed by atoms with Gasteiger partial charge in [0.15, 0.2) is 0 Å². The molecule has 0 fully saturated rings. The van der Waals surface area contributed by atoms with E-state index in [4.69, 9.17) is 5.11 Å². The second kappa shape index (κ2) is 5.45. The molecule has 0 radical (unpaired) electrons. The Hall–Kier alpha value is -1.64. The van der Waals surface area contributed by atoms with Gasteiger partial charge in [-0.2, -0.15) is 0 Å². The minimum atomic E-state index is -0.877. The van der Waals surface area contributed by atoms with Crippen LogP contribution in [0.3, 0.4) is 0 Å². The van der Waals surface area contributed by atoms with E-state index in [2.05, 4.69) is 4.99 Å². The molecule has 1 N–H and O–H groups in total. The van der Waals surface area contributed by atoms with Crippen molar-refractivity contribution in [2.45, 2.75) is 26.8 Å². The lowest BCUT2D eigenvalue weighted by molar-refractivity contribution is -0.139. The normalized spacial score (nSPS) is 13.2. The van der Waals surface area contributed by atoms with Crippen LogP contribution in [0.4, 0.5) is 0 Å². The van der Waals surface area contributed by atoms with Crippen LogP contribution < -0.4 is 0 Å². The van der Waals surface area contributed by atoms with Gasteiger partial charge in [0.05, 0.1) is 0 Å². The van der Waals surface area contributed by atoms with Crippen LogP contribution in [0.25, 0.3) is 0 Å². The topological polar surface area (TPSA) is 49.7 Å². The predicted molar refractivity (Wildman–Crippen MR) is 65.0 cm³/mol. The van der Waals surface area contributed by atoms with Gasteiger partial charge in [0.2, 0.25) is 0 Å². The van der Waals surface area contributed by atoms with E-state index in [-0.39, 0.29) is 5.92 Å². The molecular formula is C13H17NO2. The van der Waals surface area contributed by atoms with Gasteiger partial charge in [-0.05, 0) is 18.4 Å². The Kier molecular flexibility index (Phi) is 4.23. The molecule has 0 aliphatic carbocycles. The number of nitrogens with zero attached hydrogens (tertiary/aromatic N) is 1. The molecule has 0 amide bonds. The summed E-state index contributed by atoms with van der Waals surface area (Å²) in [5.41, 5.74) is 2.10. The van der Waals surface area contributed by atoms with E-state index < -0.39 is 12.0 Å². The maximum atomic E-state index is 10.9. The Morgan fingerprint density at radius 3 is 2.31 bits per heavy atom. The van der Waals surface area contributed by atoms with Crippen molar-refractivity contribution in [2.75, 3.05) is 0 Å². The molecule has 1 aromatic carbocycles. The van der Waals surface area contributed by atoms with Crippen LogP contribution >= 0.6 is 0 Å². The van der Waals surface area contributed by atoms with Crippen LogP contribution in [0.15, 0.2) is 29.3 Å². The van der Waals surface area contributed by atoms with Gasteiger partial charge < -0.3 is 5.11 Å². The van der Waals surface area contributed by atoms with E-state index >= 15 is 0 Å². The Balaban J connectivity index is 2.78. The summed E-state index contributed by atoms with van der Waals surface area (Å²) in [5.74, 6) is -0.877. The quantitative estimate of drug-likeness (QED) is 0.791. The van der Waals surface area contributed by atoms with Crippen LogP contribution in [-0.4, -0.2) is 23.3 Å². The zero-order valence-corrected chi connectivity index (χ0v) is 9.84. The maximum Gasteiger partial charge on any atom is 0.328 e. The van der Waals surface area contributed by atoms with E-state index in [9.17, 15) is 4.79 Å². The lowest BCUT2D eigenvalue weighted by Gasteiger charge is -2.10. The van der Waals surface area contributed by atoms with Crippen LogP contribution in [0.5, 0.6) is 0 Å². The summed E-state index contributed by atoms with van der Waals surface area (Å²) in [6.45, 7) is 5.71. The van der Waals surface area contributed by atoms with Crippen molar-refractivity contribution < 1.29 is 9.90 Å². The zero-order valence-electron chi connectivity index (χ0n) is 9.84. The van der Waals surface area contributed by atoms with E-state index in [0.29, 0.717) is 0 Å². The van der Waals surface area contributed by atoms with Gasteiger partial charge in [-0.25, -0.2) is 4.79 Å². The highest BCUT2D eigenvalue weighted by atomic mass is 16.4. The third-order valence-corrected chi connectivity index (χ3v) is 2.35. The summed E-state index contributed by atoms with van der Waals surface area (Å²) in [5, 5.41) is 8.95. The summed E-state index contributed by atoms with van der Waals surface area (Å²) < 4.78 is 0. The highest BCUT2D eigenvalue weighted by Crippen LogP contribution is 2.07. The smallest absolute Gasteiger partial charge is 0.328 e. The highest BCUT2D eigenvalue weighted by molar-refractivity contribution is 5.83. The number of aliphatic imine (C=N–C) groups is 1. The third-order valence-electron chi connectivity index (χ3n) is 2.35. The number of hydrogen-bond acceptors (Lipinski definition) is 2. The number of aliphatic carboxylic acids is 1. The molecule has 1 rings (SSSR count). The number of carboxylic acid groups (broad SMARTS) is 1. The summed E-state index contributed by atoms with van der Waals surface area (Å²) in [6, 6.07) is 7.15. The highest BCUT2D eigenvalue weighted by Gasteiger charge is 2.18. The largest absolute Gasteiger partial charge is 0.480 e. The van der Waals surface area contributed by atoms with Crippen molar-refractivity contribution >= 4 is 12.2 Å². The zero-order chi connectivity index (χ0) is 12.1. The molecule has 0 aromatic heterocycles. The van der Waals surface area contributed by atoms with Crippen molar-refractivity contribution in [3.63, 3.8) is 0 Å². The molecule has 0 unspecified atom stereocenters. The summed E-state index contributed by atoms with van der Waals surface area (Å²) >= 11 is 0. The van der Waals surface area contributed by atoms with Crippen LogP contribution in [0, 0.1) is 12.8 Å². The summed E-state index contributed by atoms with van der Waals surface area (Å²) in [4.78, 5) is 15.0. The van der Waals surface area contributed by atoms with Crippen molar-refractivity contribution in [3.05, 3.63) is 35.4 Å². The second-order valence-corrected chi connectivity index (χ2v) is 4.22. The van der Waals surface area contributed by atoms with Gasteiger partial charge >= 0.3 is 5.97 Å². The van der Waals surface area contributed by atoms with Crippen LogP contribution in [0.1, 0.15) is 25.0 Å². The molecule has 3 nitrogen and oxygen atoms in total. The van der Waals surface area contributed by atoms with Crippen molar-refractivity contribution in [1.82, 2.24) is 0 Å². The molecule has 3 heteroatoms. The molecule has 0 aliphatic heterocycles. The molecular weight excluding hydrogens is 202 g/mol. The Labute approximate surface area is 95.8 Å². The first-order valence-corrected chi connectivity index (χ1v) is 5.33. The monoisotopic (exact) mass is 219 g/mol. The average molecular weight is 219 g/mol. The molecule has 0 bridgehead atoms.